The van der Waals surface area contributed by atoms with Crippen molar-refractivity contribution < 1.29 is 10.0 Å². The highest BCUT2D eigenvalue weighted by molar-refractivity contribution is 5.48. The number of hydrogen-bond acceptors (Lipinski definition) is 5. The standard InChI is InChI=1S/C13H18N4O3/c1-13(2,18)9-15(3)8-10-12(17(19)20)16-7-5-4-6-11(16)14-10/h4-7,18H,8-9H2,1-3H3. The predicted octanol–water partition coefficient (Wildman–Crippen LogP) is 1.45. The Morgan fingerprint density at radius 3 is 2.80 bits per heavy atom. The van der Waals surface area contributed by atoms with E-state index in [9.17, 15) is 15.2 Å². The first-order valence-corrected chi connectivity index (χ1v) is 6.29. The molecular formula is C13H18N4O3. The van der Waals surface area contributed by atoms with Crippen LogP contribution in [0, 0.1) is 10.1 Å². The van der Waals surface area contributed by atoms with Crippen LogP contribution in [0.2, 0.25) is 0 Å². The molecule has 0 bridgehead atoms. The van der Waals surface area contributed by atoms with Crippen molar-refractivity contribution in [1.82, 2.24) is 14.3 Å². The summed E-state index contributed by atoms with van der Waals surface area (Å²) in [5, 5.41) is 21.0. The number of fused-ring (bicyclic) bond motifs is 1. The van der Waals surface area contributed by atoms with E-state index in [0.717, 1.165) is 0 Å². The second-order valence-electron chi connectivity index (χ2n) is 5.55. The lowest BCUT2D eigenvalue weighted by atomic mass is 10.1. The van der Waals surface area contributed by atoms with Crippen LogP contribution in [-0.4, -0.2) is 43.5 Å². The minimum Gasteiger partial charge on any atom is -0.389 e. The number of pyridine rings is 1. The Hall–Kier alpha value is -1.99. The number of likely N-dealkylation sites (N-methyl/N-ethyl adjacent to an activating group) is 1. The van der Waals surface area contributed by atoms with Gasteiger partial charge < -0.3 is 15.2 Å². The predicted molar refractivity (Wildman–Crippen MR) is 74.5 cm³/mol. The molecule has 0 fully saturated rings. The molecule has 0 aliphatic heterocycles. The maximum Gasteiger partial charge on any atom is 0.352 e. The number of hydrogen-bond donors (Lipinski definition) is 1. The molecule has 0 saturated heterocycles. The Morgan fingerprint density at radius 2 is 2.20 bits per heavy atom. The van der Waals surface area contributed by atoms with Gasteiger partial charge in [-0.2, -0.15) is 4.40 Å². The van der Waals surface area contributed by atoms with E-state index in [1.807, 2.05) is 4.90 Å². The molecule has 7 heteroatoms. The van der Waals surface area contributed by atoms with Crippen LogP contribution in [-0.2, 0) is 6.54 Å². The summed E-state index contributed by atoms with van der Waals surface area (Å²) in [5.41, 5.74) is 0.0849. The summed E-state index contributed by atoms with van der Waals surface area (Å²) in [6.45, 7) is 4.10. The first-order chi connectivity index (χ1) is 9.28. The van der Waals surface area contributed by atoms with Crippen molar-refractivity contribution in [2.75, 3.05) is 13.6 Å². The average molecular weight is 278 g/mol. The summed E-state index contributed by atoms with van der Waals surface area (Å²) in [6.07, 6.45) is 1.62. The summed E-state index contributed by atoms with van der Waals surface area (Å²) in [7, 11) is 1.80. The molecule has 0 spiro atoms. The lowest BCUT2D eigenvalue weighted by molar-refractivity contribution is -0.391. The second kappa shape index (κ2) is 5.18. The molecule has 0 unspecified atom stereocenters. The van der Waals surface area contributed by atoms with Crippen molar-refractivity contribution in [3.8, 4) is 0 Å². The van der Waals surface area contributed by atoms with E-state index in [0.29, 0.717) is 24.4 Å². The molecule has 7 nitrogen and oxygen atoms in total. The smallest absolute Gasteiger partial charge is 0.352 e. The van der Waals surface area contributed by atoms with Crippen LogP contribution in [0.4, 0.5) is 5.82 Å². The third-order valence-corrected chi connectivity index (χ3v) is 2.82. The highest BCUT2D eigenvalue weighted by atomic mass is 16.6. The van der Waals surface area contributed by atoms with E-state index < -0.39 is 10.5 Å². The van der Waals surface area contributed by atoms with Gasteiger partial charge in [-0.05, 0) is 31.9 Å². The van der Waals surface area contributed by atoms with Gasteiger partial charge in [-0.25, -0.2) is 4.98 Å². The van der Waals surface area contributed by atoms with Crippen LogP contribution in [0.3, 0.4) is 0 Å². The van der Waals surface area contributed by atoms with Crippen LogP contribution in [0.5, 0.6) is 0 Å². The van der Waals surface area contributed by atoms with Crippen LogP contribution < -0.4 is 0 Å². The number of aliphatic hydroxyl groups is 1. The molecule has 0 saturated carbocycles. The lowest BCUT2D eigenvalue weighted by Crippen LogP contribution is -2.36. The van der Waals surface area contributed by atoms with Crippen molar-refractivity contribution in [3.05, 3.63) is 40.2 Å². The van der Waals surface area contributed by atoms with E-state index in [-0.39, 0.29) is 5.82 Å². The first kappa shape index (κ1) is 14.4. The third-order valence-electron chi connectivity index (χ3n) is 2.82. The fourth-order valence-corrected chi connectivity index (χ4v) is 2.30. The quantitative estimate of drug-likeness (QED) is 0.661. The summed E-state index contributed by atoms with van der Waals surface area (Å²) < 4.78 is 1.47. The van der Waals surface area contributed by atoms with Crippen molar-refractivity contribution in [3.63, 3.8) is 0 Å². The van der Waals surface area contributed by atoms with Crippen LogP contribution in [0.1, 0.15) is 19.5 Å². The number of rotatable bonds is 5. The fourth-order valence-electron chi connectivity index (χ4n) is 2.30. The zero-order valence-corrected chi connectivity index (χ0v) is 11.8. The Labute approximate surface area is 116 Å². The second-order valence-corrected chi connectivity index (χ2v) is 5.55. The molecule has 2 rings (SSSR count). The molecule has 0 aliphatic carbocycles. The highest BCUT2D eigenvalue weighted by Crippen LogP contribution is 2.22. The van der Waals surface area contributed by atoms with Gasteiger partial charge in [-0.15, -0.1) is 0 Å². The van der Waals surface area contributed by atoms with Gasteiger partial charge in [0.05, 0.1) is 11.8 Å². The first-order valence-electron chi connectivity index (χ1n) is 6.29. The molecule has 0 atom stereocenters. The summed E-state index contributed by atoms with van der Waals surface area (Å²) >= 11 is 0. The largest absolute Gasteiger partial charge is 0.389 e. The molecule has 0 amide bonds. The van der Waals surface area contributed by atoms with Gasteiger partial charge in [-0.3, -0.25) is 4.90 Å². The molecule has 0 aliphatic rings. The maximum absolute atomic E-state index is 11.2. The lowest BCUT2D eigenvalue weighted by Gasteiger charge is -2.24. The third kappa shape index (κ3) is 3.12. The topological polar surface area (TPSA) is 83.9 Å². The van der Waals surface area contributed by atoms with Gasteiger partial charge in [0.1, 0.15) is 0 Å². The molecule has 2 aromatic rings. The highest BCUT2D eigenvalue weighted by Gasteiger charge is 2.24. The van der Waals surface area contributed by atoms with Gasteiger partial charge in [-0.1, -0.05) is 6.07 Å². The molecule has 1 N–H and O–H groups in total. The van der Waals surface area contributed by atoms with Crippen molar-refractivity contribution in [2.24, 2.45) is 0 Å². The summed E-state index contributed by atoms with van der Waals surface area (Å²) in [6, 6.07) is 5.24. The Morgan fingerprint density at radius 1 is 1.50 bits per heavy atom. The Kier molecular flexibility index (Phi) is 3.74. The zero-order chi connectivity index (χ0) is 14.9. The van der Waals surface area contributed by atoms with Crippen LogP contribution >= 0.6 is 0 Å². The van der Waals surface area contributed by atoms with E-state index >= 15 is 0 Å². The summed E-state index contributed by atoms with van der Waals surface area (Å²) in [4.78, 5) is 16.9. The Bertz CT molecular complexity index is 630. The van der Waals surface area contributed by atoms with E-state index in [2.05, 4.69) is 4.98 Å². The SMILES string of the molecule is CN(Cc1nc2ccccn2c1[N+](=O)[O-])CC(C)(C)O. The fraction of sp³-hybridized carbons (Fsp3) is 0.462. The minimum absolute atomic E-state index is 0.0248. The maximum atomic E-state index is 11.2. The van der Waals surface area contributed by atoms with Gasteiger partial charge in [0, 0.05) is 19.2 Å². The van der Waals surface area contributed by atoms with Gasteiger partial charge in [0.2, 0.25) is 5.65 Å². The molecular weight excluding hydrogens is 260 g/mol. The molecule has 108 valence electrons. The van der Waals surface area contributed by atoms with Crippen LogP contribution in [0.25, 0.3) is 5.65 Å². The summed E-state index contributed by atoms with van der Waals surface area (Å²) in [5.74, 6) is -0.0248. The average Bonchev–Trinajstić information content (AvgIpc) is 2.63. The number of imidazole rings is 1. The van der Waals surface area contributed by atoms with E-state index in [1.54, 1.807) is 45.3 Å². The molecule has 0 aromatic carbocycles. The molecule has 2 heterocycles. The van der Waals surface area contributed by atoms with Crippen molar-refractivity contribution in [1.29, 1.82) is 0 Å². The van der Waals surface area contributed by atoms with Gasteiger partial charge in [0.25, 0.3) is 0 Å². The number of nitro groups is 1. The van der Waals surface area contributed by atoms with Crippen molar-refractivity contribution >= 4 is 11.5 Å². The van der Waals surface area contributed by atoms with E-state index in [4.69, 9.17) is 0 Å². The van der Waals surface area contributed by atoms with Gasteiger partial charge in [0.15, 0.2) is 5.69 Å². The van der Waals surface area contributed by atoms with E-state index in [1.165, 1.54) is 4.40 Å². The van der Waals surface area contributed by atoms with Crippen molar-refractivity contribution in [2.45, 2.75) is 26.0 Å². The minimum atomic E-state index is -0.858. The Balaban J connectivity index is 2.34. The molecule has 20 heavy (non-hydrogen) atoms. The zero-order valence-electron chi connectivity index (χ0n) is 11.8. The van der Waals surface area contributed by atoms with Gasteiger partial charge >= 0.3 is 5.82 Å². The number of aromatic nitrogens is 2. The molecule has 0 radical (unpaired) electrons. The number of nitrogens with zero attached hydrogens (tertiary/aromatic N) is 4. The van der Waals surface area contributed by atoms with Crippen LogP contribution in [0.15, 0.2) is 24.4 Å². The normalized spacial score (nSPS) is 12.2. The molecule has 2 aromatic heterocycles. The monoisotopic (exact) mass is 278 g/mol.